The van der Waals surface area contributed by atoms with Gasteiger partial charge in [-0.15, -0.1) is 0 Å². The summed E-state index contributed by atoms with van der Waals surface area (Å²) < 4.78 is 16.0. The van der Waals surface area contributed by atoms with E-state index in [0.717, 1.165) is 32.3 Å². The van der Waals surface area contributed by atoms with E-state index in [1.165, 1.54) is 11.1 Å². The van der Waals surface area contributed by atoms with Gasteiger partial charge in [0, 0.05) is 6.61 Å². The molecule has 0 heterocycles. The predicted molar refractivity (Wildman–Crippen MR) is 73.8 cm³/mol. The molecule has 1 saturated carbocycles. The molecule has 0 saturated heterocycles. The summed E-state index contributed by atoms with van der Waals surface area (Å²) in [4.78, 5) is 0. The molecule has 1 fully saturated rings. The Bertz CT molecular complexity index is 246. The minimum Gasteiger partial charge on any atom is -0.379 e. The topological polar surface area (TPSA) is 27.7 Å². The zero-order chi connectivity index (χ0) is 13.1. The summed E-state index contributed by atoms with van der Waals surface area (Å²) >= 11 is 0. The summed E-state index contributed by atoms with van der Waals surface area (Å²) in [5, 5.41) is 0. The van der Waals surface area contributed by atoms with E-state index < -0.39 is 0 Å². The number of allylic oxidation sites excluding steroid dienone is 2. The van der Waals surface area contributed by atoms with Crippen LogP contribution in [0.4, 0.5) is 0 Å². The molecule has 3 nitrogen and oxygen atoms in total. The van der Waals surface area contributed by atoms with Crippen LogP contribution in [0.5, 0.6) is 0 Å². The van der Waals surface area contributed by atoms with Crippen LogP contribution >= 0.6 is 0 Å². The van der Waals surface area contributed by atoms with Crippen LogP contribution in [0.25, 0.3) is 0 Å². The summed E-state index contributed by atoms with van der Waals surface area (Å²) in [6.07, 6.45) is 6.82. The average Bonchev–Trinajstić information content (AvgIpc) is 2.39. The van der Waals surface area contributed by atoms with Gasteiger partial charge < -0.3 is 14.2 Å². The van der Waals surface area contributed by atoms with Crippen LogP contribution in [0.1, 0.15) is 32.6 Å². The third kappa shape index (κ3) is 7.64. The van der Waals surface area contributed by atoms with Gasteiger partial charge in [-0.25, -0.2) is 0 Å². The molecule has 0 N–H and O–H groups in total. The average molecular weight is 254 g/mol. The Morgan fingerprint density at radius 3 is 2.22 bits per heavy atom. The minimum absolute atomic E-state index is 0.646. The van der Waals surface area contributed by atoms with Gasteiger partial charge in [-0.05, 0) is 32.6 Å². The number of hydrogen-bond acceptors (Lipinski definition) is 3. The van der Waals surface area contributed by atoms with E-state index in [2.05, 4.69) is 12.7 Å². The highest BCUT2D eigenvalue weighted by Crippen LogP contribution is 2.25. The van der Waals surface area contributed by atoms with E-state index in [4.69, 9.17) is 14.2 Å². The van der Waals surface area contributed by atoms with Gasteiger partial charge in [0.1, 0.15) is 0 Å². The number of hydrogen-bond donors (Lipinski definition) is 0. The largest absolute Gasteiger partial charge is 0.379 e. The Labute approximate surface area is 111 Å². The quantitative estimate of drug-likeness (QED) is 0.467. The Hall–Kier alpha value is -0.640. The standard InChI is InChI=1S/C15H26O3/c1-3-16-10-11-18-13-12-17-9-8-15-6-4-14(2)5-7-15/h8H,2-7,9-13H2,1H3. The molecule has 0 spiro atoms. The first-order chi connectivity index (χ1) is 8.83. The van der Waals surface area contributed by atoms with E-state index in [1.54, 1.807) is 0 Å². The van der Waals surface area contributed by atoms with Crippen molar-refractivity contribution in [2.24, 2.45) is 0 Å². The van der Waals surface area contributed by atoms with E-state index in [9.17, 15) is 0 Å². The molecule has 1 aliphatic rings. The molecule has 0 aliphatic heterocycles. The molecule has 0 radical (unpaired) electrons. The molecular weight excluding hydrogens is 228 g/mol. The van der Waals surface area contributed by atoms with Crippen molar-refractivity contribution in [3.8, 4) is 0 Å². The Balaban J connectivity index is 1.89. The van der Waals surface area contributed by atoms with Gasteiger partial charge in [-0.1, -0.05) is 23.8 Å². The number of rotatable bonds is 9. The van der Waals surface area contributed by atoms with Crippen molar-refractivity contribution in [3.05, 3.63) is 23.8 Å². The molecule has 0 atom stereocenters. The molecule has 0 aromatic carbocycles. The number of ether oxygens (including phenoxy) is 3. The van der Waals surface area contributed by atoms with Crippen LogP contribution in [-0.4, -0.2) is 39.6 Å². The predicted octanol–water partition coefficient (Wildman–Crippen LogP) is 3.11. The fourth-order valence-electron chi connectivity index (χ4n) is 1.87. The smallest absolute Gasteiger partial charge is 0.0704 e. The van der Waals surface area contributed by atoms with Gasteiger partial charge >= 0.3 is 0 Å². The van der Waals surface area contributed by atoms with Gasteiger partial charge in [0.05, 0.1) is 33.0 Å². The van der Waals surface area contributed by atoms with Crippen molar-refractivity contribution in [1.29, 1.82) is 0 Å². The molecule has 0 aromatic heterocycles. The maximum atomic E-state index is 5.51. The maximum absolute atomic E-state index is 5.51. The molecular formula is C15H26O3. The van der Waals surface area contributed by atoms with Crippen LogP contribution in [0.2, 0.25) is 0 Å². The van der Waals surface area contributed by atoms with Gasteiger partial charge in [0.2, 0.25) is 0 Å². The molecule has 1 aliphatic carbocycles. The molecule has 0 aromatic rings. The summed E-state index contributed by atoms with van der Waals surface area (Å²) in [6.45, 7) is 10.1. The van der Waals surface area contributed by atoms with Crippen molar-refractivity contribution >= 4 is 0 Å². The summed E-state index contributed by atoms with van der Waals surface area (Å²) in [6, 6.07) is 0. The summed E-state index contributed by atoms with van der Waals surface area (Å²) in [7, 11) is 0. The molecule has 104 valence electrons. The molecule has 0 bridgehead atoms. The molecule has 0 amide bonds. The Morgan fingerprint density at radius 2 is 1.56 bits per heavy atom. The molecule has 0 unspecified atom stereocenters. The fraction of sp³-hybridized carbons (Fsp3) is 0.733. The van der Waals surface area contributed by atoms with Gasteiger partial charge in [-0.2, -0.15) is 0 Å². The first kappa shape index (κ1) is 15.4. The van der Waals surface area contributed by atoms with Crippen molar-refractivity contribution < 1.29 is 14.2 Å². The van der Waals surface area contributed by atoms with Crippen LogP contribution in [0.3, 0.4) is 0 Å². The lowest BCUT2D eigenvalue weighted by Crippen LogP contribution is -2.09. The second-order valence-corrected chi connectivity index (χ2v) is 4.50. The van der Waals surface area contributed by atoms with Gasteiger partial charge in [0.15, 0.2) is 0 Å². The lowest BCUT2D eigenvalue weighted by molar-refractivity contribution is 0.0222. The van der Waals surface area contributed by atoms with E-state index in [-0.39, 0.29) is 0 Å². The monoisotopic (exact) mass is 254 g/mol. The van der Waals surface area contributed by atoms with Crippen molar-refractivity contribution in [2.45, 2.75) is 32.6 Å². The highest BCUT2D eigenvalue weighted by Gasteiger charge is 2.07. The normalized spacial score (nSPS) is 16.1. The summed E-state index contributed by atoms with van der Waals surface area (Å²) in [5.74, 6) is 0. The van der Waals surface area contributed by atoms with E-state index >= 15 is 0 Å². The molecule has 3 heteroatoms. The first-order valence-corrected chi connectivity index (χ1v) is 6.90. The van der Waals surface area contributed by atoms with Crippen LogP contribution in [0.15, 0.2) is 23.8 Å². The van der Waals surface area contributed by atoms with Crippen molar-refractivity contribution in [1.82, 2.24) is 0 Å². The van der Waals surface area contributed by atoms with E-state index in [1.807, 2.05) is 6.92 Å². The maximum Gasteiger partial charge on any atom is 0.0704 e. The lowest BCUT2D eigenvalue weighted by atomic mass is 9.91. The molecule has 18 heavy (non-hydrogen) atoms. The highest BCUT2D eigenvalue weighted by atomic mass is 16.5. The first-order valence-electron chi connectivity index (χ1n) is 6.90. The zero-order valence-corrected chi connectivity index (χ0v) is 11.6. The second kappa shape index (κ2) is 10.3. The van der Waals surface area contributed by atoms with E-state index in [0.29, 0.717) is 33.0 Å². The molecule has 1 rings (SSSR count). The SMILES string of the molecule is C=C1CCC(=CCOCCOCCOCC)CC1. The Morgan fingerprint density at radius 1 is 0.944 bits per heavy atom. The van der Waals surface area contributed by atoms with Crippen molar-refractivity contribution in [2.75, 3.05) is 39.6 Å². The van der Waals surface area contributed by atoms with Crippen LogP contribution in [-0.2, 0) is 14.2 Å². The van der Waals surface area contributed by atoms with Crippen LogP contribution < -0.4 is 0 Å². The third-order valence-electron chi connectivity index (χ3n) is 3.04. The van der Waals surface area contributed by atoms with Gasteiger partial charge in [-0.3, -0.25) is 0 Å². The minimum atomic E-state index is 0.646. The highest BCUT2D eigenvalue weighted by molar-refractivity contribution is 5.13. The Kier molecular flexibility index (Phi) is 8.82. The fourth-order valence-corrected chi connectivity index (χ4v) is 1.87. The summed E-state index contributed by atoms with van der Waals surface area (Å²) in [5.41, 5.74) is 2.90. The lowest BCUT2D eigenvalue weighted by Gasteiger charge is -2.16. The third-order valence-corrected chi connectivity index (χ3v) is 3.04. The van der Waals surface area contributed by atoms with Crippen LogP contribution in [0, 0.1) is 0 Å². The van der Waals surface area contributed by atoms with Crippen molar-refractivity contribution in [3.63, 3.8) is 0 Å². The second-order valence-electron chi connectivity index (χ2n) is 4.50. The zero-order valence-electron chi connectivity index (χ0n) is 11.6. The van der Waals surface area contributed by atoms with Gasteiger partial charge in [0.25, 0.3) is 0 Å².